The minimum absolute atomic E-state index is 0.555. The molecule has 5 heterocycles. The largest absolute Gasteiger partial charge is 0.437 e. The zero-order valence-corrected chi connectivity index (χ0v) is 18.5. The van der Waals surface area contributed by atoms with Crippen LogP contribution in [0.1, 0.15) is 5.56 Å². The molecule has 6 rings (SSSR count). The number of anilines is 3. The lowest BCUT2D eigenvalue weighted by Gasteiger charge is -2.28. The molecular formula is C25H23N7O2. The zero-order chi connectivity index (χ0) is 22.7. The van der Waals surface area contributed by atoms with Gasteiger partial charge in [-0.05, 0) is 24.6 Å². The molecule has 0 unspecified atom stereocenters. The van der Waals surface area contributed by atoms with Crippen LogP contribution in [0.4, 0.5) is 17.6 Å². The van der Waals surface area contributed by atoms with Crippen molar-refractivity contribution in [2.75, 3.05) is 42.6 Å². The van der Waals surface area contributed by atoms with Gasteiger partial charge in [0.2, 0.25) is 11.8 Å². The molecule has 170 valence electrons. The van der Waals surface area contributed by atoms with Gasteiger partial charge in [0, 0.05) is 37.6 Å². The van der Waals surface area contributed by atoms with Crippen LogP contribution in [0.5, 0.6) is 11.6 Å². The van der Waals surface area contributed by atoms with E-state index in [1.165, 1.54) is 0 Å². The molecule has 0 spiro atoms. The number of nitrogens with zero attached hydrogens (tertiary/aromatic N) is 7. The molecule has 34 heavy (non-hydrogen) atoms. The second-order valence-corrected chi connectivity index (χ2v) is 8.03. The molecule has 2 aliphatic rings. The summed E-state index contributed by atoms with van der Waals surface area (Å²) in [6.07, 6.45) is 5.95. The van der Waals surface area contributed by atoms with Crippen molar-refractivity contribution in [2.45, 2.75) is 6.42 Å². The lowest BCUT2D eigenvalue weighted by Crippen LogP contribution is -2.37. The van der Waals surface area contributed by atoms with Crippen molar-refractivity contribution in [3.8, 4) is 23.0 Å². The number of benzene rings is 1. The van der Waals surface area contributed by atoms with Gasteiger partial charge < -0.3 is 19.3 Å². The maximum Gasteiger partial charge on any atom is 0.230 e. The molecule has 0 bridgehead atoms. The van der Waals surface area contributed by atoms with Gasteiger partial charge in [0.15, 0.2) is 5.82 Å². The Kier molecular flexibility index (Phi) is 5.44. The maximum absolute atomic E-state index is 6.20. The first-order chi connectivity index (χ1) is 16.8. The molecule has 4 aromatic rings. The Balaban J connectivity index is 1.41. The van der Waals surface area contributed by atoms with Crippen LogP contribution in [0.2, 0.25) is 0 Å². The fraction of sp³-hybridized carbons (Fsp3) is 0.240. The Bertz CT molecular complexity index is 1280. The molecule has 1 fully saturated rings. The highest BCUT2D eigenvalue weighted by atomic mass is 16.5. The van der Waals surface area contributed by atoms with Crippen molar-refractivity contribution in [3.05, 3.63) is 72.7 Å². The molecule has 1 aromatic carbocycles. The normalized spacial score (nSPS) is 15.3. The Morgan fingerprint density at radius 1 is 0.853 bits per heavy atom. The van der Waals surface area contributed by atoms with Crippen LogP contribution < -0.4 is 14.5 Å². The van der Waals surface area contributed by atoms with Crippen molar-refractivity contribution in [1.29, 1.82) is 0 Å². The Morgan fingerprint density at radius 2 is 1.74 bits per heavy atom. The van der Waals surface area contributed by atoms with Crippen LogP contribution in [0.15, 0.2) is 67.1 Å². The smallest absolute Gasteiger partial charge is 0.230 e. The van der Waals surface area contributed by atoms with Gasteiger partial charge in [-0.1, -0.05) is 30.3 Å². The molecule has 3 aromatic heterocycles. The molecule has 0 radical (unpaired) electrons. The average molecular weight is 454 g/mol. The molecule has 0 amide bonds. The van der Waals surface area contributed by atoms with Crippen molar-refractivity contribution >= 4 is 17.6 Å². The van der Waals surface area contributed by atoms with Gasteiger partial charge in [-0.25, -0.2) is 9.97 Å². The molecular weight excluding hydrogens is 430 g/mol. The van der Waals surface area contributed by atoms with E-state index >= 15 is 0 Å². The molecule has 0 saturated carbocycles. The van der Waals surface area contributed by atoms with Crippen molar-refractivity contribution in [1.82, 2.24) is 24.9 Å². The van der Waals surface area contributed by atoms with E-state index in [9.17, 15) is 0 Å². The quantitative estimate of drug-likeness (QED) is 0.449. The number of hydrogen-bond donors (Lipinski definition) is 0. The number of ether oxygens (including phenoxy) is 2. The standard InChI is InChI=1S/C25H23N7O2/c1-2-5-18(6-3-1)22-27-11-8-21(28-22)32-12-9-20-23(32)29-25(31-13-15-33-16-14-31)30-24(20)34-19-7-4-10-26-17-19/h1-8,10-11,17H,9,12-16H2. The first-order valence-corrected chi connectivity index (χ1v) is 11.3. The third kappa shape index (κ3) is 4.01. The summed E-state index contributed by atoms with van der Waals surface area (Å²) in [4.78, 5) is 27.5. The van der Waals surface area contributed by atoms with Crippen LogP contribution in [0.25, 0.3) is 11.4 Å². The van der Waals surface area contributed by atoms with Gasteiger partial charge in [0.25, 0.3) is 0 Å². The lowest BCUT2D eigenvalue weighted by atomic mass is 10.2. The van der Waals surface area contributed by atoms with Crippen LogP contribution in [0, 0.1) is 0 Å². The van der Waals surface area contributed by atoms with Gasteiger partial charge in [0.1, 0.15) is 17.4 Å². The Hall–Kier alpha value is -4.11. The van der Waals surface area contributed by atoms with Gasteiger partial charge in [-0.3, -0.25) is 4.98 Å². The van der Waals surface area contributed by atoms with Gasteiger partial charge in [-0.15, -0.1) is 0 Å². The molecule has 1 saturated heterocycles. The summed E-state index contributed by atoms with van der Waals surface area (Å²) in [6, 6.07) is 15.6. The predicted octanol–water partition coefficient (Wildman–Crippen LogP) is 3.65. The number of aromatic nitrogens is 5. The summed E-state index contributed by atoms with van der Waals surface area (Å²) < 4.78 is 11.7. The molecule has 0 atom stereocenters. The summed E-state index contributed by atoms with van der Waals surface area (Å²) >= 11 is 0. The van der Waals surface area contributed by atoms with Gasteiger partial charge in [-0.2, -0.15) is 9.97 Å². The highest BCUT2D eigenvalue weighted by Crippen LogP contribution is 2.39. The summed E-state index contributed by atoms with van der Waals surface area (Å²) in [5.74, 6) is 4.12. The summed E-state index contributed by atoms with van der Waals surface area (Å²) in [5.41, 5.74) is 1.93. The Labute approximate surface area is 197 Å². The van der Waals surface area contributed by atoms with Crippen LogP contribution in [-0.2, 0) is 11.2 Å². The fourth-order valence-corrected chi connectivity index (χ4v) is 4.17. The average Bonchev–Trinajstić information content (AvgIpc) is 3.35. The second-order valence-electron chi connectivity index (χ2n) is 8.03. The topological polar surface area (TPSA) is 89.4 Å². The van der Waals surface area contributed by atoms with E-state index in [2.05, 4.69) is 19.8 Å². The van der Waals surface area contributed by atoms with Crippen molar-refractivity contribution in [2.24, 2.45) is 0 Å². The third-order valence-corrected chi connectivity index (χ3v) is 5.87. The molecule has 0 N–H and O–H groups in total. The van der Waals surface area contributed by atoms with E-state index in [-0.39, 0.29) is 0 Å². The minimum Gasteiger partial charge on any atom is -0.437 e. The molecule has 2 aliphatic heterocycles. The number of pyridine rings is 1. The van der Waals surface area contributed by atoms with E-state index in [1.54, 1.807) is 18.6 Å². The number of fused-ring (bicyclic) bond motifs is 1. The highest BCUT2D eigenvalue weighted by molar-refractivity contribution is 5.69. The Morgan fingerprint density at radius 3 is 2.56 bits per heavy atom. The van der Waals surface area contributed by atoms with Gasteiger partial charge >= 0.3 is 0 Å². The highest BCUT2D eigenvalue weighted by Gasteiger charge is 2.30. The van der Waals surface area contributed by atoms with E-state index in [1.807, 2.05) is 48.5 Å². The summed E-state index contributed by atoms with van der Waals surface area (Å²) in [6.45, 7) is 3.49. The predicted molar refractivity (Wildman–Crippen MR) is 128 cm³/mol. The molecule has 0 aliphatic carbocycles. The first kappa shape index (κ1) is 20.5. The monoisotopic (exact) mass is 453 g/mol. The number of hydrogen-bond acceptors (Lipinski definition) is 9. The molecule has 9 nitrogen and oxygen atoms in total. The van der Waals surface area contributed by atoms with E-state index in [0.717, 1.165) is 48.8 Å². The van der Waals surface area contributed by atoms with Crippen LogP contribution in [0.3, 0.4) is 0 Å². The molecule has 9 heteroatoms. The summed E-state index contributed by atoms with van der Waals surface area (Å²) in [7, 11) is 0. The van der Waals surface area contributed by atoms with Crippen LogP contribution in [-0.4, -0.2) is 57.8 Å². The van der Waals surface area contributed by atoms with Gasteiger partial charge in [0.05, 0.1) is 25.0 Å². The van der Waals surface area contributed by atoms with Crippen LogP contribution >= 0.6 is 0 Å². The SMILES string of the molecule is c1ccc(-c2nccc(N3CCc4c(Oc5cccnc5)nc(N5CCOCC5)nc43)n2)cc1. The number of morpholine rings is 1. The van der Waals surface area contributed by atoms with Crippen molar-refractivity contribution in [3.63, 3.8) is 0 Å². The van der Waals surface area contributed by atoms with Crippen molar-refractivity contribution < 1.29 is 9.47 Å². The summed E-state index contributed by atoms with van der Waals surface area (Å²) in [5, 5.41) is 0. The fourth-order valence-electron chi connectivity index (χ4n) is 4.17. The lowest BCUT2D eigenvalue weighted by molar-refractivity contribution is 0.122. The third-order valence-electron chi connectivity index (χ3n) is 5.87. The minimum atomic E-state index is 0.555. The maximum atomic E-state index is 6.20. The van der Waals surface area contributed by atoms with E-state index < -0.39 is 0 Å². The second kappa shape index (κ2) is 9.03. The van der Waals surface area contributed by atoms with E-state index in [0.29, 0.717) is 36.6 Å². The number of rotatable bonds is 5. The first-order valence-electron chi connectivity index (χ1n) is 11.3. The zero-order valence-electron chi connectivity index (χ0n) is 18.5. The van der Waals surface area contributed by atoms with E-state index in [4.69, 9.17) is 24.4 Å².